The molecule has 2 aromatic carbocycles. The summed E-state index contributed by atoms with van der Waals surface area (Å²) in [7, 11) is 0. The highest BCUT2D eigenvalue weighted by atomic mass is 35.5. The van der Waals surface area contributed by atoms with Crippen molar-refractivity contribution < 1.29 is 19.2 Å². The van der Waals surface area contributed by atoms with Crippen LogP contribution in [0, 0.1) is 10.1 Å². The number of carbonyl (C=O) groups is 2. The molecule has 1 atom stereocenters. The molecule has 0 saturated carbocycles. The van der Waals surface area contributed by atoms with Crippen LogP contribution in [0.4, 0.5) is 5.69 Å². The van der Waals surface area contributed by atoms with Crippen LogP contribution in [0.5, 0.6) is 0 Å². The van der Waals surface area contributed by atoms with Crippen molar-refractivity contribution in [3.05, 3.63) is 80.4 Å². The van der Waals surface area contributed by atoms with Gasteiger partial charge in [-0.2, -0.15) is 0 Å². The first-order valence-corrected chi connectivity index (χ1v) is 9.35. The molecule has 1 unspecified atom stereocenters. The van der Waals surface area contributed by atoms with E-state index in [1.54, 1.807) is 0 Å². The summed E-state index contributed by atoms with van der Waals surface area (Å²) < 4.78 is 4.90. The Morgan fingerprint density at radius 2 is 1.93 bits per heavy atom. The molecule has 1 N–H and O–H groups in total. The van der Waals surface area contributed by atoms with E-state index in [0.717, 1.165) is 18.1 Å². The topological polar surface area (TPSA) is 98.5 Å². The number of nitro benzene ring substituents is 1. The fourth-order valence-electron chi connectivity index (χ4n) is 2.53. The number of amides is 1. The Hall–Kier alpha value is -3.19. The molecule has 0 aromatic heterocycles. The number of nitrogens with zero attached hydrogens (tertiary/aromatic N) is 1. The van der Waals surface area contributed by atoms with Gasteiger partial charge in [-0.1, -0.05) is 48.9 Å². The molecule has 0 heterocycles. The normalized spacial score (nSPS) is 11.8. The molecule has 0 fully saturated rings. The Labute approximate surface area is 173 Å². The van der Waals surface area contributed by atoms with Crippen molar-refractivity contribution in [1.29, 1.82) is 0 Å². The lowest BCUT2D eigenvalue weighted by Crippen LogP contribution is -2.30. The molecule has 0 radical (unpaired) electrons. The Kier molecular flexibility index (Phi) is 7.91. The lowest BCUT2D eigenvalue weighted by Gasteiger charge is -2.14. The van der Waals surface area contributed by atoms with E-state index in [2.05, 4.69) is 12.2 Å². The maximum Gasteiger partial charge on any atom is 0.331 e. The number of nitro groups is 1. The lowest BCUT2D eigenvalue weighted by molar-refractivity contribution is -0.384. The number of aryl methyl sites for hydroxylation is 1. The van der Waals surface area contributed by atoms with Gasteiger partial charge in [-0.05, 0) is 42.2 Å². The molecule has 2 rings (SSSR count). The van der Waals surface area contributed by atoms with E-state index in [1.807, 2.05) is 31.2 Å². The maximum absolute atomic E-state index is 12.0. The molecular weight excluding hydrogens is 396 g/mol. The minimum atomic E-state index is -0.738. The Morgan fingerprint density at radius 3 is 2.55 bits per heavy atom. The predicted octanol–water partition coefficient (Wildman–Crippen LogP) is 4.24. The van der Waals surface area contributed by atoms with Gasteiger partial charge in [0, 0.05) is 12.1 Å². The molecule has 0 aliphatic rings. The summed E-state index contributed by atoms with van der Waals surface area (Å²) in [6, 6.07) is 11.8. The Morgan fingerprint density at radius 1 is 1.24 bits per heavy atom. The number of nitrogens with one attached hydrogen (secondary N) is 1. The van der Waals surface area contributed by atoms with Crippen LogP contribution in [0.15, 0.2) is 48.5 Å². The van der Waals surface area contributed by atoms with Gasteiger partial charge in [0.25, 0.3) is 11.6 Å². The maximum atomic E-state index is 12.0. The van der Waals surface area contributed by atoms with Crippen LogP contribution in [-0.2, 0) is 20.7 Å². The summed E-state index contributed by atoms with van der Waals surface area (Å²) in [6.45, 7) is 3.48. The van der Waals surface area contributed by atoms with Gasteiger partial charge >= 0.3 is 5.97 Å². The summed E-state index contributed by atoms with van der Waals surface area (Å²) >= 11 is 5.74. The quantitative estimate of drug-likeness (QED) is 0.300. The zero-order valence-corrected chi connectivity index (χ0v) is 16.8. The van der Waals surface area contributed by atoms with E-state index in [9.17, 15) is 19.7 Å². The second-order valence-electron chi connectivity index (χ2n) is 6.29. The van der Waals surface area contributed by atoms with Gasteiger partial charge in [0.05, 0.1) is 11.0 Å². The van der Waals surface area contributed by atoms with Crippen molar-refractivity contribution >= 4 is 35.2 Å². The average Bonchev–Trinajstić information content (AvgIpc) is 2.71. The van der Waals surface area contributed by atoms with Crippen LogP contribution in [0.3, 0.4) is 0 Å². The number of ether oxygens (including phenoxy) is 1. The molecule has 0 bridgehead atoms. The van der Waals surface area contributed by atoms with Crippen molar-refractivity contribution in [1.82, 2.24) is 5.32 Å². The second-order valence-corrected chi connectivity index (χ2v) is 6.70. The van der Waals surface area contributed by atoms with Gasteiger partial charge in [0.2, 0.25) is 0 Å². The summed E-state index contributed by atoms with van der Waals surface area (Å²) in [5.41, 5.74) is 2.30. The first-order valence-electron chi connectivity index (χ1n) is 8.97. The number of carbonyl (C=O) groups excluding carboxylic acids is 2. The van der Waals surface area contributed by atoms with Crippen LogP contribution in [0.25, 0.3) is 6.08 Å². The number of hydrogen-bond donors (Lipinski definition) is 1. The number of rotatable bonds is 8. The molecule has 29 heavy (non-hydrogen) atoms. The zero-order chi connectivity index (χ0) is 21.4. The fraction of sp³-hybridized carbons (Fsp3) is 0.238. The van der Waals surface area contributed by atoms with Gasteiger partial charge in [-0.25, -0.2) is 4.79 Å². The van der Waals surface area contributed by atoms with E-state index >= 15 is 0 Å². The first-order chi connectivity index (χ1) is 13.8. The molecule has 0 spiro atoms. The van der Waals surface area contributed by atoms with E-state index in [1.165, 1.54) is 29.8 Å². The number of hydrogen-bond acceptors (Lipinski definition) is 5. The molecule has 1 amide bonds. The Bertz CT molecular complexity index is 925. The minimum Gasteiger partial charge on any atom is -0.452 e. The van der Waals surface area contributed by atoms with Crippen molar-refractivity contribution in [3.8, 4) is 0 Å². The second kappa shape index (κ2) is 10.4. The third-order valence-electron chi connectivity index (χ3n) is 4.19. The molecular formula is C21H21ClN2O5. The largest absolute Gasteiger partial charge is 0.452 e. The van der Waals surface area contributed by atoms with Crippen molar-refractivity contribution in [3.63, 3.8) is 0 Å². The molecule has 7 nitrogen and oxygen atoms in total. The third-order valence-corrected chi connectivity index (χ3v) is 4.51. The number of halogens is 1. The standard InChI is InChI=1S/C21H21ClN2O5/c1-3-15-4-8-17(9-5-15)14(2)23-20(25)13-29-21(26)11-7-16-6-10-18(22)19(12-16)24(27)28/h4-12,14H,3,13H2,1-2H3,(H,23,25)/b11-7+. The summed E-state index contributed by atoms with van der Waals surface area (Å²) in [5, 5.41) is 13.6. The van der Waals surface area contributed by atoms with Crippen molar-refractivity contribution in [2.75, 3.05) is 6.61 Å². The number of esters is 1. The van der Waals surface area contributed by atoms with Crippen molar-refractivity contribution in [2.45, 2.75) is 26.3 Å². The molecule has 8 heteroatoms. The number of benzene rings is 2. The van der Waals surface area contributed by atoms with Crippen LogP contribution in [0.1, 0.15) is 36.6 Å². The minimum absolute atomic E-state index is 0.00449. The van der Waals surface area contributed by atoms with Crippen molar-refractivity contribution in [2.24, 2.45) is 0 Å². The smallest absolute Gasteiger partial charge is 0.331 e. The lowest BCUT2D eigenvalue weighted by atomic mass is 10.1. The predicted molar refractivity (Wildman–Crippen MR) is 110 cm³/mol. The van der Waals surface area contributed by atoms with Gasteiger partial charge < -0.3 is 10.1 Å². The van der Waals surface area contributed by atoms with Crippen LogP contribution >= 0.6 is 11.6 Å². The monoisotopic (exact) mass is 416 g/mol. The van der Waals surface area contributed by atoms with Gasteiger partial charge in [-0.15, -0.1) is 0 Å². The first kappa shape index (κ1) is 22.1. The van der Waals surface area contributed by atoms with E-state index in [4.69, 9.17) is 16.3 Å². The highest BCUT2D eigenvalue weighted by Crippen LogP contribution is 2.25. The molecule has 0 aliphatic heterocycles. The molecule has 0 saturated heterocycles. The highest BCUT2D eigenvalue weighted by Gasteiger charge is 2.13. The summed E-state index contributed by atoms with van der Waals surface area (Å²) in [6.07, 6.45) is 3.38. The van der Waals surface area contributed by atoms with Gasteiger partial charge in [-0.3, -0.25) is 14.9 Å². The van der Waals surface area contributed by atoms with E-state index in [0.29, 0.717) is 5.56 Å². The Balaban J connectivity index is 1.85. The summed E-state index contributed by atoms with van der Waals surface area (Å²) in [5.74, 6) is -1.17. The highest BCUT2D eigenvalue weighted by molar-refractivity contribution is 6.32. The van der Waals surface area contributed by atoms with Crippen LogP contribution < -0.4 is 5.32 Å². The molecule has 2 aromatic rings. The van der Waals surface area contributed by atoms with E-state index < -0.39 is 23.4 Å². The summed E-state index contributed by atoms with van der Waals surface area (Å²) in [4.78, 5) is 34.0. The molecule has 152 valence electrons. The van der Waals surface area contributed by atoms with Crippen LogP contribution in [0.2, 0.25) is 5.02 Å². The van der Waals surface area contributed by atoms with Gasteiger partial charge in [0.15, 0.2) is 6.61 Å². The SMILES string of the molecule is CCc1ccc(C(C)NC(=O)COC(=O)/C=C/c2ccc(Cl)c([N+](=O)[O-])c2)cc1. The average molecular weight is 417 g/mol. The fourth-order valence-corrected chi connectivity index (χ4v) is 2.72. The molecule has 0 aliphatic carbocycles. The van der Waals surface area contributed by atoms with Gasteiger partial charge in [0.1, 0.15) is 5.02 Å². The zero-order valence-electron chi connectivity index (χ0n) is 16.1. The van der Waals surface area contributed by atoms with E-state index in [-0.39, 0.29) is 16.8 Å². The third kappa shape index (κ3) is 6.73. The van der Waals surface area contributed by atoms with Crippen LogP contribution in [-0.4, -0.2) is 23.4 Å².